The molecule has 11 nitrogen and oxygen atoms in total. The Balaban J connectivity index is 1.70. The minimum Gasteiger partial charge on any atom is -0.427 e. The van der Waals surface area contributed by atoms with E-state index in [2.05, 4.69) is 20.6 Å². The molecule has 0 radical (unpaired) electrons. The van der Waals surface area contributed by atoms with E-state index in [1.165, 1.54) is 31.2 Å². The van der Waals surface area contributed by atoms with E-state index in [4.69, 9.17) is 16.2 Å². The summed E-state index contributed by atoms with van der Waals surface area (Å²) < 4.78 is 4.98. The number of H-pyrrole nitrogens is 1. The smallest absolute Gasteiger partial charge is 0.324 e. The molecular weight excluding hydrogens is 416 g/mol. The van der Waals surface area contributed by atoms with Gasteiger partial charge in [-0.2, -0.15) is 0 Å². The van der Waals surface area contributed by atoms with Crippen LogP contribution in [0.25, 0.3) is 0 Å². The Bertz CT molecular complexity index is 1170. The molecule has 0 aliphatic heterocycles. The minimum absolute atomic E-state index is 0.0373. The Morgan fingerprint density at radius 1 is 0.938 bits per heavy atom. The maximum atomic E-state index is 12.3. The molecule has 4 amide bonds. The molecule has 2 aromatic carbocycles. The van der Waals surface area contributed by atoms with E-state index < -0.39 is 23.8 Å². The first-order valence-corrected chi connectivity index (χ1v) is 9.35. The summed E-state index contributed by atoms with van der Waals surface area (Å²) in [6.07, 6.45) is 0.304. The summed E-state index contributed by atoms with van der Waals surface area (Å²) in [5.41, 5.74) is 11.9. The van der Waals surface area contributed by atoms with E-state index in [1.807, 2.05) is 0 Å². The third-order valence-electron chi connectivity index (χ3n) is 4.21. The average Bonchev–Trinajstić information content (AvgIpc) is 3.11. The van der Waals surface area contributed by atoms with Crippen molar-refractivity contribution in [1.29, 1.82) is 0 Å². The van der Waals surface area contributed by atoms with Crippen LogP contribution in [-0.2, 0) is 11.2 Å². The van der Waals surface area contributed by atoms with Crippen molar-refractivity contribution in [2.45, 2.75) is 13.3 Å². The summed E-state index contributed by atoms with van der Waals surface area (Å²) in [4.78, 5) is 53.2. The molecule has 0 aliphatic rings. The van der Waals surface area contributed by atoms with Gasteiger partial charge in [-0.25, -0.2) is 9.78 Å². The Kier molecular flexibility index (Phi) is 6.49. The molecule has 3 rings (SSSR count). The van der Waals surface area contributed by atoms with E-state index in [1.54, 1.807) is 24.3 Å². The number of esters is 1. The average molecular weight is 436 g/mol. The number of aromatic amines is 1. The first-order valence-electron chi connectivity index (χ1n) is 9.35. The number of aromatic nitrogens is 2. The molecule has 0 spiro atoms. The summed E-state index contributed by atoms with van der Waals surface area (Å²) >= 11 is 0. The van der Waals surface area contributed by atoms with E-state index in [0.29, 0.717) is 29.2 Å². The van der Waals surface area contributed by atoms with Gasteiger partial charge in [0.25, 0.3) is 5.91 Å². The number of carbonyl (C=O) groups excluding carboxylic acids is 4. The van der Waals surface area contributed by atoms with Crippen molar-refractivity contribution in [2.75, 3.05) is 10.6 Å². The third kappa shape index (κ3) is 5.69. The van der Waals surface area contributed by atoms with Crippen molar-refractivity contribution in [3.8, 4) is 5.75 Å². The summed E-state index contributed by atoms with van der Waals surface area (Å²) in [7, 11) is 0. The molecule has 0 unspecified atom stereocenters. The number of ether oxygens (including phenoxy) is 1. The van der Waals surface area contributed by atoms with Crippen LogP contribution in [-0.4, -0.2) is 33.8 Å². The molecule has 0 fully saturated rings. The Morgan fingerprint density at radius 2 is 1.59 bits per heavy atom. The van der Waals surface area contributed by atoms with Crippen LogP contribution in [0.1, 0.15) is 39.2 Å². The standard InChI is InChI=1S/C21H20N6O5/c1-11(28)32-15-8-2-12(3-9-15)10-16-25-17(19(23)30)20(26-16)27-21(31)24-14-6-4-13(5-7-14)18(22)29/h2-9H,10H2,1H3,(H2,22,29)(H2,23,30)(H,25,26)(H2,24,27,31). The maximum Gasteiger partial charge on any atom is 0.324 e. The lowest BCUT2D eigenvalue weighted by Crippen LogP contribution is -2.22. The zero-order valence-electron chi connectivity index (χ0n) is 17.0. The van der Waals surface area contributed by atoms with E-state index >= 15 is 0 Å². The van der Waals surface area contributed by atoms with Gasteiger partial charge in [0, 0.05) is 24.6 Å². The van der Waals surface area contributed by atoms with E-state index in [-0.39, 0.29) is 11.5 Å². The monoisotopic (exact) mass is 436 g/mol. The zero-order chi connectivity index (χ0) is 23.3. The molecule has 0 saturated heterocycles. The summed E-state index contributed by atoms with van der Waals surface area (Å²) in [5.74, 6) is -0.999. The van der Waals surface area contributed by atoms with Crippen LogP contribution in [0.4, 0.5) is 16.3 Å². The molecule has 0 aliphatic carbocycles. The summed E-state index contributed by atoms with van der Waals surface area (Å²) in [6.45, 7) is 1.31. The van der Waals surface area contributed by atoms with E-state index in [9.17, 15) is 19.2 Å². The molecule has 0 atom stereocenters. The van der Waals surface area contributed by atoms with Gasteiger partial charge in [0.2, 0.25) is 5.91 Å². The fourth-order valence-electron chi connectivity index (χ4n) is 2.80. The number of nitrogens with zero attached hydrogens (tertiary/aromatic N) is 1. The Morgan fingerprint density at radius 3 is 2.16 bits per heavy atom. The second-order valence-electron chi connectivity index (χ2n) is 6.71. The number of imidazole rings is 1. The van der Waals surface area contributed by atoms with Gasteiger partial charge in [-0.05, 0) is 42.0 Å². The van der Waals surface area contributed by atoms with Crippen LogP contribution in [0, 0.1) is 0 Å². The number of amides is 4. The number of carbonyl (C=O) groups is 4. The second kappa shape index (κ2) is 9.43. The molecule has 0 saturated carbocycles. The third-order valence-corrected chi connectivity index (χ3v) is 4.21. The molecule has 32 heavy (non-hydrogen) atoms. The normalized spacial score (nSPS) is 10.3. The van der Waals surface area contributed by atoms with Crippen molar-refractivity contribution < 1.29 is 23.9 Å². The molecule has 3 aromatic rings. The first kappa shape index (κ1) is 22.0. The number of nitrogens with two attached hydrogens (primary N) is 2. The van der Waals surface area contributed by atoms with Gasteiger partial charge in [-0.1, -0.05) is 12.1 Å². The lowest BCUT2D eigenvalue weighted by Gasteiger charge is -2.07. The van der Waals surface area contributed by atoms with Gasteiger partial charge in [0.15, 0.2) is 5.69 Å². The second-order valence-corrected chi connectivity index (χ2v) is 6.71. The number of nitrogens with one attached hydrogen (secondary N) is 3. The topological polar surface area (TPSA) is 182 Å². The van der Waals surface area contributed by atoms with Gasteiger partial charge >= 0.3 is 12.0 Å². The largest absolute Gasteiger partial charge is 0.427 e. The van der Waals surface area contributed by atoms with Gasteiger partial charge < -0.3 is 26.5 Å². The van der Waals surface area contributed by atoms with Crippen LogP contribution < -0.4 is 26.8 Å². The Hall–Kier alpha value is -4.67. The molecule has 1 heterocycles. The van der Waals surface area contributed by atoms with Crippen molar-refractivity contribution in [2.24, 2.45) is 11.5 Å². The quantitative estimate of drug-likeness (QED) is 0.278. The predicted molar refractivity (Wildman–Crippen MR) is 115 cm³/mol. The number of hydrogen-bond acceptors (Lipinski definition) is 6. The van der Waals surface area contributed by atoms with E-state index in [0.717, 1.165) is 5.56 Å². The number of primary amides is 2. The SMILES string of the molecule is CC(=O)Oc1ccc(Cc2nc(C(N)=O)c(NC(=O)Nc3ccc(C(N)=O)cc3)[nH]2)cc1. The molecule has 7 N–H and O–H groups in total. The van der Waals surface area contributed by atoms with Gasteiger partial charge in [0.05, 0.1) is 0 Å². The number of urea groups is 1. The van der Waals surface area contributed by atoms with Crippen LogP contribution in [0.5, 0.6) is 5.75 Å². The minimum atomic E-state index is -0.821. The van der Waals surface area contributed by atoms with Crippen molar-refractivity contribution in [3.05, 3.63) is 71.2 Å². The van der Waals surface area contributed by atoms with Crippen molar-refractivity contribution in [3.63, 3.8) is 0 Å². The van der Waals surface area contributed by atoms with Crippen LogP contribution in [0.15, 0.2) is 48.5 Å². The highest BCUT2D eigenvalue weighted by Crippen LogP contribution is 2.18. The van der Waals surface area contributed by atoms with Gasteiger partial charge in [-0.15, -0.1) is 0 Å². The Labute approximate surface area is 182 Å². The highest BCUT2D eigenvalue weighted by molar-refractivity contribution is 6.04. The number of anilines is 2. The van der Waals surface area contributed by atoms with Crippen LogP contribution >= 0.6 is 0 Å². The number of hydrogen-bond donors (Lipinski definition) is 5. The maximum absolute atomic E-state index is 12.3. The highest BCUT2D eigenvalue weighted by atomic mass is 16.5. The molecule has 164 valence electrons. The molecular formula is C21H20N6O5. The first-order chi connectivity index (χ1) is 15.2. The lowest BCUT2D eigenvalue weighted by molar-refractivity contribution is -0.131. The van der Waals surface area contributed by atoms with Crippen LogP contribution in [0.3, 0.4) is 0 Å². The molecule has 0 bridgehead atoms. The fourth-order valence-corrected chi connectivity index (χ4v) is 2.80. The number of benzene rings is 2. The number of rotatable bonds is 7. The van der Waals surface area contributed by atoms with Crippen LogP contribution in [0.2, 0.25) is 0 Å². The van der Waals surface area contributed by atoms with Crippen molar-refractivity contribution >= 4 is 35.3 Å². The fraction of sp³-hybridized carbons (Fsp3) is 0.0952. The lowest BCUT2D eigenvalue weighted by atomic mass is 10.1. The van der Waals surface area contributed by atoms with Gasteiger partial charge in [0.1, 0.15) is 17.4 Å². The summed E-state index contributed by atoms with van der Waals surface area (Å²) in [6, 6.07) is 12.0. The highest BCUT2D eigenvalue weighted by Gasteiger charge is 2.18. The predicted octanol–water partition coefficient (Wildman–Crippen LogP) is 1.77. The zero-order valence-corrected chi connectivity index (χ0v) is 17.0. The molecule has 1 aromatic heterocycles. The molecule has 11 heteroatoms. The van der Waals surface area contributed by atoms with Gasteiger partial charge in [-0.3, -0.25) is 19.7 Å². The summed E-state index contributed by atoms with van der Waals surface area (Å²) in [5, 5.41) is 5.06. The van der Waals surface area contributed by atoms with Crippen molar-refractivity contribution in [1.82, 2.24) is 9.97 Å².